The number of carboxylic acid groups (broad SMARTS) is 1. The molecule has 2 aromatic carbocycles. The summed E-state index contributed by atoms with van der Waals surface area (Å²) in [5, 5.41) is 21.7. The Morgan fingerprint density at radius 3 is 1.89 bits per heavy atom. The van der Waals surface area contributed by atoms with E-state index in [-0.39, 0.29) is 25.2 Å². The van der Waals surface area contributed by atoms with Crippen LogP contribution in [-0.4, -0.2) is 69.9 Å². The third-order valence-electron chi connectivity index (χ3n) is 7.09. The maximum absolute atomic E-state index is 12.0. The number of halogens is 5. The number of carbonyl (C=O) groups excluding carboxylic acids is 1. The van der Waals surface area contributed by atoms with Gasteiger partial charge in [-0.05, 0) is 64.1 Å². The molecular formula is C34H39Br2I3N9O5-. The van der Waals surface area contributed by atoms with Gasteiger partial charge in [-0.15, -0.1) is 0 Å². The fourth-order valence-corrected chi connectivity index (χ4v) is 5.81. The zero-order valence-electron chi connectivity index (χ0n) is 28.6. The van der Waals surface area contributed by atoms with Crippen LogP contribution in [0.25, 0.3) is 34.3 Å². The molecule has 0 spiro atoms. The molecule has 0 bridgehead atoms. The summed E-state index contributed by atoms with van der Waals surface area (Å²) in [6.45, 7) is 11.2. The number of amidine groups is 1. The summed E-state index contributed by atoms with van der Waals surface area (Å²) in [5.74, 6) is 3.64. The number of carbonyl (C=O) groups is 2. The third-order valence-corrected chi connectivity index (χ3v) is 8.08. The molecule has 53 heavy (non-hydrogen) atoms. The van der Waals surface area contributed by atoms with Crippen molar-refractivity contribution in [3.8, 4) is 45.8 Å². The van der Waals surface area contributed by atoms with Crippen molar-refractivity contribution >= 4 is 86.8 Å². The maximum atomic E-state index is 12.0. The van der Waals surface area contributed by atoms with Gasteiger partial charge in [0, 0.05) is 34.3 Å². The monoisotopic (exact) mass is 1190 g/mol. The van der Waals surface area contributed by atoms with Crippen LogP contribution in [0.5, 0.6) is 11.5 Å². The molecule has 7 rings (SSSR count). The van der Waals surface area contributed by atoms with E-state index in [1.165, 1.54) is 6.92 Å². The second-order valence-corrected chi connectivity index (χ2v) is 29.5. The third kappa shape index (κ3) is 12.2. The fraction of sp³-hybridized carbons (Fsp3) is 0.324. The van der Waals surface area contributed by atoms with Crippen LogP contribution >= 0.6 is 69.1 Å². The van der Waals surface area contributed by atoms with Gasteiger partial charge in [0.2, 0.25) is 0 Å². The Morgan fingerprint density at radius 2 is 1.40 bits per heavy atom. The van der Waals surface area contributed by atoms with Crippen LogP contribution in [0.15, 0.2) is 57.7 Å². The first-order valence-corrected chi connectivity index (χ1v) is 29.7. The van der Waals surface area contributed by atoms with Crippen LogP contribution in [0, 0.1) is 12.3 Å². The number of carboxylic acids is 1. The van der Waals surface area contributed by atoms with E-state index in [1.54, 1.807) is 6.20 Å². The van der Waals surface area contributed by atoms with Crippen molar-refractivity contribution in [1.29, 1.82) is 5.41 Å². The molecule has 0 unspecified atom stereocenters. The van der Waals surface area contributed by atoms with Gasteiger partial charge in [-0.25, -0.2) is 19.6 Å². The van der Waals surface area contributed by atoms with Crippen LogP contribution in [0.3, 0.4) is 0 Å². The van der Waals surface area contributed by atoms with Gasteiger partial charge in [-0.1, -0.05) is 39.3 Å². The van der Waals surface area contributed by atoms with Crippen molar-refractivity contribution in [3.63, 3.8) is 0 Å². The molecule has 286 valence electrons. The zero-order valence-corrected chi connectivity index (χ0v) is 38.3. The summed E-state index contributed by atoms with van der Waals surface area (Å²) in [6, 6.07) is 12.0. The minimum atomic E-state index is -0.833. The summed E-state index contributed by atoms with van der Waals surface area (Å²) in [5.41, 5.74) is 2.98. The van der Waals surface area contributed by atoms with Crippen molar-refractivity contribution in [2.75, 3.05) is 13.2 Å². The van der Waals surface area contributed by atoms with Crippen molar-refractivity contribution < 1.29 is 37.4 Å². The van der Waals surface area contributed by atoms with E-state index < -0.39 is 5.97 Å². The molecule has 0 fully saturated rings. The molecule has 3 N–H and O–H groups in total. The summed E-state index contributed by atoms with van der Waals surface area (Å²) in [6.07, 6.45) is 3.73. The zero-order chi connectivity index (χ0) is 38.1. The summed E-state index contributed by atoms with van der Waals surface area (Å²) < 4.78 is 19.4. The topological polar surface area (TPSA) is 175 Å². The predicted molar refractivity (Wildman–Crippen MR) is 225 cm³/mol. The van der Waals surface area contributed by atoms with E-state index in [4.69, 9.17) is 29.8 Å². The first kappa shape index (κ1) is 44.8. The molecule has 2 aliphatic heterocycles. The molecule has 0 radical (unpaired) electrons. The van der Waals surface area contributed by atoms with Gasteiger partial charge in [0.15, 0.2) is 5.82 Å². The standard InChI is InChI=1S/C17H18BrN5O.C14H13BrN4O2.C2H4O2.CH4.I3/c1-10(2)23-17(19-11(3)21-23)14-9-22-6-7-24-15-8-12(18)4-5-13(15)16(22)20-14;1-8(16)17-14(20)11-7-19-4-5-21-12-6-9(15)2-3-10(12)13(19)18-11;1-2(3)4;;1-3-2/h4-5,8-10H,6-7H2,1-3H3;2-3,6-7H,4-5H2,1H3,(H2,16,17,20);1H3,(H,3,4);1H4;/q;;;;-1. The number of ether oxygens (including phenoxy) is 2. The van der Waals surface area contributed by atoms with Crippen molar-refractivity contribution in [2.45, 2.75) is 61.2 Å². The SMILES string of the molecule is C.CC(=N)NC(=O)c1cn2c(n1)-c1ccc(Br)cc1OCC2.CC(=O)O.Cc1nc(-c2cn3c(n2)-c2ccc(Br)cc2OCC3)n(C(C)C)n1.I[I-]I. The van der Waals surface area contributed by atoms with E-state index >= 15 is 0 Å². The molecule has 0 saturated carbocycles. The van der Waals surface area contributed by atoms with E-state index in [2.05, 4.69) is 108 Å². The van der Waals surface area contributed by atoms with Crippen LogP contribution in [0.1, 0.15) is 57.5 Å². The van der Waals surface area contributed by atoms with E-state index in [0.717, 1.165) is 68.2 Å². The molecule has 19 heteroatoms. The van der Waals surface area contributed by atoms with Crippen LogP contribution in [0.2, 0.25) is 0 Å². The fourth-order valence-electron chi connectivity index (χ4n) is 5.13. The number of hydrogen-bond acceptors (Lipinski definition) is 9. The van der Waals surface area contributed by atoms with Crippen LogP contribution in [0.4, 0.5) is 0 Å². The van der Waals surface area contributed by atoms with Gasteiger partial charge in [-0.3, -0.25) is 15.0 Å². The second kappa shape index (κ2) is 20.9. The molecule has 0 saturated heterocycles. The Balaban J connectivity index is 0.000000241. The van der Waals surface area contributed by atoms with Crippen molar-refractivity contribution in [2.24, 2.45) is 0 Å². The Morgan fingerprint density at radius 1 is 0.906 bits per heavy atom. The summed E-state index contributed by atoms with van der Waals surface area (Å²) in [7, 11) is 0. The number of aryl methyl sites for hydroxylation is 1. The second-order valence-electron chi connectivity index (χ2n) is 11.4. The van der Waals surface area contributed by atoms with Crippen molar-refractivity contribution in [3.05, 3.63) is 69.3 Å². The Hall–Kier alpha value is -2.64. The normalized spacial score (nSPS) is 12.0. The number of nitrogens with one attached hydrogen (secondary N) is 2. The molecule has 2 aliphatic rings. The molecule has 3 aromatic heterocycles. The molecule has 0 atom stereocenters. The first-order chi connectivity index (χ1) is 24.7. The molecule has 5 heterocycles. The number of imidazole rings is 2. The Bertz CT molecular complexity index is 2060. The average molecular weight is 1190 g/mol. The number of rotatable bonds is 3. The van der Waals surface area contributed by atoms with E-state index in [0.29, 0.717) is 44.5 Å². The number of nitrogens with zero attached hydrogens (tertiary/aromatic N) is 7. The van der Waals surface area contributed by atoms with Gasteiger partial charge in [-0.2, -0.15) is 5.10 Å². The molecular weight excluding hydrogens is 1150 g/mol. The summed E-state index contributed by atoms with van der Waals surface area (Å²) >= 11 is 12.2. The van der Waals surface area contributed by atoms with Crippen LogP contribution < -0.4 is 28.0 Å². The number of hydrogen-bond donors (Lipinski definition) is 3. The number of fused-ring (bicyclic) bond motifs is 6. The number of aliphatic carboxylic acids is 1. The van der Waals surface area contributed by atoms with Gasteiger partial charge in [0.1, 0.15) is 53.6 Å². The Kier molecular flexibility index (Phi) is 17.6. The predicted octanol–water partition coefficient (Wildman–Crippen LogP) is 5.79. The molecule has 5 aromatic rings. The van der Waals surface area contributed by atoms with E-state index in [9.17, 15) is 4.79 Å². The van der Waals surface area contributed by atoms with Gasteiger partial charge in [0.25, 0.3) is 11.9 Å². The summed E-state index contributed by atoms with van der Waals surface area (Å²) in [4.78, 5) is 34.8. The van der Waals surface area contributed by atoms with Gasteiger partial charge < -0.3 is 29.0 Å². The number of aromatic nitrogens is 7. The number of benzene rings is 2. The van der Waals surface area contributed by atoms with Crippen molar-refractivity contribution in [1.82, 2.24) is 39.2 Å². The molecule has 14 nitrogen and oxygen atoms in total. The quantitative estimate of drug-likeness (QED) is 0.115. The number of amides is 1. The molecule has 1 amide bonds. The molecule has 0 aliphatic carbocycles. The Labute approximate surface area is 354 Å². The first-order valence-electron chi connectivity index (χ1n) is 15.6. The van der Waals surface area contributed by atoms with Gasteiger partial charge in [0.05, 0.1) is 30.1 Å². The minimum absolute atomic E-state index is 0. The van der Waals surface area contributed by atoms with Crippen LogP contribution in [-0.2, 0) is 17.9 Å². The average Bonchev–Trinajstić information content (AvgIpc) is 3.73. The van der Waals surface area contributed by atoms with Gasteiger partial charge >= 0.3 is 50.5 Å². The van der Waals surface area contributed by atoms with E-state index in [1.807, 2.05) is 58.8 Å².